The van der Waals surface area contributed by atoms with Gasteiger partial charge in [-0.2, -0.15) is 17.6 Å². The van der Waals surface area contributed by atoms with Crippen LogP contribution in [0.1, 0.15) is 11.6 Å². The molecule has 0 bridgehead atoms. The van der Waals surface area contributed by atoms with Crippen LogP contribution < -0.4 is 10.1 Å². The van der Waals surface area contributed by atoms with Crippen LogP contribution in [0.2, 0.25) is 0 Å². The molecule has 1 N–H and O–H groups in total. The van der Waals surface area contributed by atoms with Crippen LogP contribution in [0.15, 0.2) is 24.3 Å². The number of hydrogen-bond donors (Lipinski definition) is 1. The molecule has 1 fully saturated rings. The standard InChI is InChI=1S/C14H16F6N2O.2ClH/c15-12(16)11(22-7-5-21-6-8-22)9-3-1-2-4-10(9)23-14(19,20)13(17)18;;/h1-4,11-13,21H,5-8H2;2*1H/t11-;;/m0../s1. The van der Waals surface area contributed by atoms with Crippen molar-refractivity contribution in [3.63, 3.8) is 0 Å². The predicted octanol–water partition coefficient (Wildman–Crippen LogP) is 3.98. The van der Waals surface area contributed by atoms with Crippen molar-refractivity contribution in [2.75, 3.05) is 26.2 Å². The van der Waals surface area contributed by atoms with Crippen molar-refractivity contribution in [3.05, 3.63) is 29.8 Å². The molecule has 0 saturated carbocycles. The van der Waals surface area contributed by atoms with Crippen molar-refractivity contribution in [2.24, 2.45) is 0 Å². The maximum absolute atomic E-state index is 13.5. The number of alkyl halides is 6. The fourth-order valence-corrected chi connectivity index (χ4v) is 2.46. The molecule has 0 amide bonds. The van der Waals surface area contributed by atoms with Crippen LogP contribution in [0.25, 0.3) is 0 Å². The summed E-state index contributed by atoms with van der Waals surface area (Å²) >= 11 is 0. The molecule has 1 aromatic rings. The van der Waals surface area contributed by atoms with Crippen molar-refractivity contribution in [3.8, 4) is 5.75 Å². The van der Waals surface area contributed by atoms with Crippen LogP contribution in [0, 0.1) is 0 Å². The predicted molar refractivity (Wildman–Crippen MR) is 85.7 cm³/mol. The third-order valence-electron chi connectivity index (χ3n) is 3.52. The highest BCUT2D eigenvalue weighted by molar-refractivity contribution is 5.85. The number of piperazine rings is 1. The van der Waals surface area contributed by atoms with Crippen LogP contribution in [0.3, 0.4) is 0 Å². The number of nitrogens with zero attached hydrogens (tertiary/aromatic N) is 1. The molecular weight excluding hydrogens is 397 g/mol. The van der Waals surface area contributed by atoms with E-state index in [1.54, 1.807) is 0 Å². The fourth-order valence-electron chi connectivity index (χ4n) is 2.46. The zero-order chi connectivity index (χ0) is 17.0. The number of halogens is 8. The first-order valence-electron chi connectivity index (χ1n) is 6.99. The van der Waals surface area contributed by atoms with Crippen molar-refractivity contribution in [1.29, 1.82) is 0 Å². The number of hydrogen-bond acceptors (Lipinski definition) is 3. The molecule has 1 aromatic carbocycles. The Hall–Kier alpha value is -0.900. The smallest absolute Gasteiger partial charge is 0.428 e. The molecule has 1 heterocycles. The van der Waals surface area contributed by atoms with Gasteiger partial charge in [0, 0.05) is 31.7 Å². The normalized spacial score (nSPS) is 17.0. The molecule has 146 valence electrons. The van der Waals surface area contributed by atoms with E-state index in [1.807, 2.05) is 0 Å². The van der Waals surface area contributed by atoms with E-state index in [-0.39, 0.29) is 43.5 Å². The van der Waals surface area contributed by atoms with E-state index < -0.39 is 30.8 Å². The SMILES string of the molecule is Cl.Cl.FC(F)[C@H](c1ccccc1OC(F)(F)C(F)F)N1CCNCC1. The molecule has 25 heavy (non-hydrogen) atoms. The van der Waals surface area contributed by atoms with E-state index in [4.69, 9.17) is 0 Å². The summed E-state index contributed by atoms with van der Waals surface area (Å²) in [6, 6.07) is 3.32. The van der Waals surface area contributed by atoms with Gasteiger partial charge in [0.25, 0.3) is 6.43 Å². The summed E-state index contributed by atoms with van der Waals surface area (Å²) in [4.78, 5) is 1.42. The van der Waals surface area contributed by atoms with Crippen LogP contribution in [-0.4, -0.2) is 50.0 Å². The number of nitrogens with one attached hydrogen (secondary N) is 1. The first kappa shape index (κ1) is 24.1. The maximum Gasteiger partial charge on any atom is 0.461 e. The average molecular weight is 415 g/mol. The molecule has 3 nitrogen and oxygen atoms in total. The first-order valence-corrected chi connectivity index (χ1v) is 6.99. The number of rotatable bonds is 6. The van der Waals surface area contributed by atoms with Gasteiger partial charge in [-0.05, 0) is 6.07 Å². The van der Waals surface area contributed by atoms with E-state index in [9.17, 15) is 26.3 Å². The summed E-state index contributed by atoms with van der Waals surface area (Å²) in [5.74, 6) is -0.665. The van der Waals surface area contributed by atoms with Gasteiger partial charge in [0.2, 0.25) is 0 Å². The third kappa shape index (κ3) is 6.09. The lowest BCUT2D eigenvalue weighted by molar-refractivity contribution is -0.253. The van der Waals surface area contributed by atoms with Gasteiger partial charge in [0.05, 0.1) is 6.04 Å². The minimum Gasteiger partial charge on any atom is -0.428 e. The summed E-state index contributed by atoms with van der Waals surface area (Å²) in [7, 11) is 0. The van der Waals surface area contributed by atoms with Crippen molar-refractivity contribution in [2.45, 2.75) is 25.0 Å². The molecule has 0 aliphatic carbocycles. The Morgan fingerprint density at radius 1 is 1.00 bits per heavy atom. The van der Waals surface area contributed by atoms with Gasteiger partial charge in [0.15, 0.2) is 0 Å². The Morgan fingerprint density at radius 2 is 1.56 bits per heavy atom. The molecule has 11 heteroatoms. The van der Waals surface area contributed by atoms with E-state index in [0.717, 1.165) is 6.07 Å². The largest absolute Gasteiger partial charge is 0.461 e. The molecule has 0 radical (unpaired) electrons. The van der Waals surface area contributed by atoms with Crippen LogP contribution in [0.4, 0.5) is 26.3 Å². The second kappa shape index (κ2) is 10.3. The number of para-hydroxylation sites is 1. The van der Waals surface area contributed by atoms with Crippen molar-refractivity contribution >= 4 is 24.8 Å². The third-order valence-corrected chi connectivity index (χ3v) is 3.52. The van der Waals surface area contributed by atoms with E-state index in [1.165, 1.54) is 23.1 Å². The fraction of sp³-hybridized carbons (Fsp3) is 0.571. The molecule has 0 aromatic heterocycles. The lowest BCUT2D eigenvalue weighted by atomic mass is 10.0. The highest BCUT2D eigenvalue weighted by Crippen LogP contribution is 2.37. The maximum atomic E-state index is 13.5. The zero-order valence-corrected chi connectivity index (χ0v) is 14.4. The molecule has 0 unspecified atom stereocenters. The molecule has 1 saturated heterocycles. The van der Waals surface area contributed by atoms with Gasteiger partial charge < -0.3 is 10.1 Å². The quantitative estimate of drug-likeness (QED) is 0.712. The lowest BCUT2D eigenvalue weighted by Gasteiger charge is -2.35. The Kier molecular flexibility index (Phi) is 9.93. The highest BCUT2D eigenvalue weighted by Gasteiger charge is 2.45. The van der Waals surface area contributed by atoms with Gasteiger partial charge in [-0.1, -0.05) is 18.2 Å². The van der Waals surface area contributed by atoms with Gasteiger partial charge in [0.1, 0.15) is 5.75 Å². The summed E-state index contributed by atoms with van der Waals surface area (Å²) in [5.41, 5.74) is -0.232. The highest BCUT2D eigenvalue weighted by atomic mass is 35.5. The average Bonchev–Trinajstić information content (AvgIpc) is 2.49. The molecular formula is C14H18Cl2F6N2O. The first-order chi connectivity index (χ1) is 10.8. The van der Waals surface area contributed by atoms with Crippen LogP contribution in [-0.2, 0) is 0 Å². The number of benzene rings is 1. The van der Waals surface area contributed by atoms with Crippen molar-refractivity contribution in [1.82, 2.24) is 10.2 Å². The Labute approximate surface area is 153 Å². The second-order valence-corrected chi connectivity index (χ2v) is 5.07. The Morgan fingerprint density at radius 3 is 2.08 bits per heavy atom. The summed E-state index contributed by atoms with van der Waals surface area (Å²) in [6.45, 7) is 1.52. The minimum atomic E-state index is -4.74. The molecule has 1 aliphatic rings. The van der Waals surface area contributed by atoms with Gasteiger partial charge in [-0.15, -0.1) is 24.8 Å². The number of ether oxygens (including phenoxy) is 1. The minimum absolute atomic E-state index is 0. The molecule has 0 spiro atoms. The Balaban J connectivity index is 0.00000288. The summed E-state index contributed by atoms with van der Waals surface area (Å²) in [6.07, 6.45) is -11.7. The van der Waals surface area contributed by atoms with Crippen LogP contribution >= 0.6 is 24.8 Å². The second-order valence-electron chi connectivity index (χ2n) is 5.07. The van der Waals surface area contributed by atoms with E-state index in [0.29, 0.717) is 13.1 Å². The molecule has 2 rings (SSSR count). The van der Waals surface area contributed by atoms with E-state index in [2.05, 4.69) is 10.1 Å². The molecule has 1 atom stereocenters. The van der Waals surface area contributed by atoms with Crippen LogP contribution in [0.5, 0.6) is 5.75 Å². The monoisotopic (exact) mass is 414 g/mol. The summed E-state index contributed by atoms with van der Waals surface area (Å²) in [5, 5.41) is 2.99. The topological polar surface area (TPSA) is 24.5 Å². The molecule has 1 aliphatic heterocycles. The van der Waals surface area contributed by atoms with Gasteiger partial charge in [-0.3, -0.25) is 4.90 Å². The van der Waals surface area contributed by atoms with Crippen molar-refractivity contribution < 1.29 is 31.1 Å². The zero-order valence-electron chi connectivity index (χ0n) is 12.8. The lowest BCUT2D eigenvalue weighted by Crippen LogP contribution is -2.47. The summed E-state index contributed by atoms with van der Waals surface area (Å²) < 4.78 is 81.9. The Bertz CT molecular complexity index is 518. The van der Waals surface area contributed by atoms with Gasteiger partial charge >= 0.3 is 12.5 Å². The van der Waals surface area contributed by atoms with Gasteiger partial charge in [-0.25, -0.2) is 8.78 Å². The van der Waals surface area contributed by atoms with E-state index >= 15 is 0 Å².